The topological polar surface area (TPSA) is 72.5 Å². The summed E-state index contributed by atoms with van der Waals surface area (Å²) in [6.45, 7) is 2.97. The summed E-state index contributed by atoms with van der Waals surface area (Å²) < 4.78 is 18.4. The summed E-state index contributed by atoms with van der Waals surface area (Å²) in [5.74, 6) is 0.690. The highest BCUT2D eigenvalue weighted by atomic mass is 127. The largest absolute Gasteiger partial charge is 0.489 e. The first-order valence-electron chi connectivity index (χ1n) is 7.49. The zero-order valence-corrected chi connectivity index (χ0v) is 15.8. The van der Waals surface area contributed by atoms with Crippen molar-refractivity contribution >= 4 is 29.9 Å². The number of hydrogen-bond acceptors (Lipinski definition) is 3. The smallest absolute Gasteiger partial charge is 0.188 e. The van der Waals surface area contributed by atoms with Gasteiger partial charge in [0.15, 0.2) is 5.96 Å². The van der Waals surface area contributed by atoms with Crippen molar-refractivity contribution in [3.63, 3.8) is 0 Å². The molecule has 0 aliphatic heterocycles. The highest BCUT2D eigenvalue weighted by molar-refractivity contribution is 14.0. The van der Waals surface area contributed by atoms with Gasteiger partial charge in [-0.05, 0) is 43.3 Å². The molecular formula is C17H22FIN4O. The minimum Gasteiger partial charge on any atom is -0.489 e. The summed E-state index contributed by atoms with van der Waals surface area (Å²) in [5, 5.41) is 3.04. The second-order valence-corrected chi connectivity index (χ2v) is 5.11. The lowest BCUT2D eigenvalue weighted by atomic mass is 10.3. The maximum atomic E-state index is 12.8. The van der Waals surface area contributed by atoms with Gasteiger partial charge in [0.1, 0.15) is 17.7 Å². The number of guanidine groups is 1. The molecule has 1 aromatic carbocycles. The molecule has 24 heavy (non-hydrogen) atoms. The van der Waals surface area contributed by atoms with E-state index in [1.807, 2.05) is 25.1 Å². The van der Waals surface area contributed by atoms with Gasteiger partial charge in [-0.3, -0.25) is 4.98 Å². The van der Waals surface area contributed by atoms with Crippen LogP contribution in [0.25, 0.3) is 0 Å². The summed E-state index contributed by atoms with van der Waals surface area (Å²) in [6, 6.07) is 11.7. The second kappa shape index (κ2) is 10.8. The zero-order chi connectivity index (χ0) is 16.5. The van der Waals surface area contributed by atoms with Crippen LogP contribution in [0.5, 0.6) is 5.75 Å². The molecule has 0 fully saturated rings. The molecule has 0 radical (unpaired) electrons. The van der Waals surface area contributed by atoms with Crippen molar-refractivity contribution < 1.29 is 9.13 Å². The Morgan fingerprint density at radius 3 is 2.71 bits per heavy atom. The van der Waals surface area contributed by atoms with Gasteiger partial charge < -0.3 is 15.8 Å². The van der Waals surface area contributed by atoms with E-state index in [0.717, 1.165) is 12.1 Å². The van der Waals surface area contributed by atoms with E-state index in [1.54, 1.807) is 18.3 Å². The average Bonchev–Trinajstić information content (AvgIpc) is 2.56. The summed E-state index contributed by atoms with van der Waals surface area (Å²) in [5.41, 5.74) is 6.81. The number of halogens is 2. The molecule has 1 aromatic heterocycles. The van der Waals surface area contributed by atoms with E-state index < -0.39 is 0 Å². The molecule has 7 heteroatoms. The number of rotatable bonds is 7. The molecule has 130 valence electrons. The van der Waals surface area contributed by atoms with Crippen molar-refractivity contribution in [2.45, 2.75) is 19.4 Å². The maximum absolute atomic E-state index is 12.8. The lowest BCUT2D eigenvalue weighted by molar-refractivity contribution is 0.230. The molecule has 1 unspecified atom stereocenters. The van der Waals surface area contributed by atoms with Crippen LogP contribution in [0.3, 0.4) is 0 Å². The number of nitrogens with two attached hydrogens (primary N) is 1. The van der Waals surface area contributed by atoms with E-state index in [0.29, 0.717) is 24.8 Å². The molecule has 0 saturated heterocycles. The third-order valence-corrected chi connectivity index (χ3v) is 3.08. The first kappa shape index (κ1) is 20.1. The lowest BCUT2D eigenvalue weighted by Gasteiger charge is -2.13. The summed E-state index contributed by atoms with van der Waals surface area (Å²) in [6.07, 6.45) is 2.39. The number of benzene rings is 1. The summed E-state index contributed by atoms with van der Waals surface area (Å²) >= 11 is 0. The van der Waals surface area contributed by atoms with Gasteiger partial charge in [-0.1, -0.05) is 6.07 Å². The monoisotopic (exact) mass is 444 g/mol. The third kappa shape index (κ3) is 7.58. The minimum absolute atomic E-state index is 0. The van der Waals surface area contributed by atoms with Crippen molar-refractivity contribution in [1.82, 2.24) is 10.3 Å². The predicted molar refractivity (Wildman–Crippen MR) is 104 cm³/mol. The highest BCUT2D eigenvalue weighted by Crippen LogP contribution is 2.12. The quantitative estimate of drug-likeness (QED) is 0.392. The predicted octanol–water partition coefficient (Wildman–Crippen LogP) is 2.75. The molecule has 0 bridgehead atoms. The van der Waals surface area contributed by atoms with Gasteiger partial charge in [-0.15, -0.1) is 24.0 Å². The SMILES string of the molecule is CC(CN=C(N)NCCc1ccccn1)Oc1ccc(F)cc1.I. The lowest BCUT2D eigenvalue weighted by Crippen LogP contribution is -2.34. The van der Waals surface area contributed by atoms with Crippen molar-refractivity contribution in [1.29, 1.82) is 0 Å². The molecular weight excluding hydrogens is 422 g/mol. The number of pyridine rings is 1. The standard InChI is InChI=1S/C17H21FN4O.HI/c1-13(23-16-7-5-14(18)6-8-16)12-22-17(19)21-11-9-15-4-2-3-10-20-15;/h2-8,10,13H,9,11-12H2,1H3,(H3,19,21,22);1H. The van der Waals surface area contributed by atoms with Crippen molar-refractivity contribution in [3.05, 3.63) is 60.2 Å². The molecule has 1 atom stereocenters. The summed E-state index contributed by atoms with van der Waals surface area (Å²) in [7, 11) is 0. The van der Waals surface area contributed by atoms with E-state index in [1.165, 1.54) is 12.1 Å². The van der Waals surface area contributed by atoms with Crippen molar-refractivity contribution in [2.24, 2.45) is 10.7 Å². The molecule has 0 amide bonds. The Balaban J connectivity index is 0.00000288. The average molecular weight is 444 g/mol. The maximum Gasteiger partial charge on any atom is 0.188 e. The van der Waals surface area contributed by atoms with Crippen LogP contribution in [0.4, 0.5) is 4.39 Å². The molecule has 3 N–H and O–H groups in total. The minimum atomic E-state index is -0.288. The number of aromatic nitrogens is 1. The van der Waals surface area contributed by atoms with E-state index in [-0.39, 0.29) is 35.9 Å². The van der Waals surface area contributed by atoms with Crippen LogP contribution in [-0.4, -0.2) is 30.1 Å². The fraction of sp³-hybridized carbons (Fsp3) is 0.294. The fourth-order valence-corrected chi connectivity index (χ4v) is 1.93. The normalized spacial score (nSPS) is 12.2. The molecule has 2 aromatic rings. The molecule has 0 saturated carbocycles. The first-order chi connectivity index (χ1) is 11.1. The molecule has 1 heterocycles. The van der Waals surface area contributed by atoms with Crippen LogP contribution in [0.15, 0.2) is 53.7 Å². The van der Waals surface area contributed by atoms with Crippen molar-refractivity contribution in [2.75, 3.05) is 13.1 Å². The number of aliphatic imine (C=N–C) groups is 1. The molecule has 5 nitrogen and oxygen atoms in total. The third-order valence-electron chi connectivity index (χ3n) is 3.08. The van der Waals surface area contributed by atoms with Gasteiger partial charge in [0.2, 0.25) is 0 Å². The van der Waals surface area contributed by atoms with E-state index in [4.69, 9.17) is 10.5 Å². The molecule has 0 spiro atoms. The number of hydrogen-bond donors (Lipinski definition) is 2. The van der Waals surface area contributed by atoms with E-state index in [9.17, 15) is 4.39 Å². The van der Waals surface area contributed by atoms with Crippen LogP contribution in [0.2, 0.25) is 0 Å². The van der Waals surface area contributed by atoms with Gasteiger partial charge >= 0.3 is 0 Å². The molecule has 2 rings (SSSR count). The van der Waals surface area contributed by atoms with Crippen LogP contribution in [0, 0.1) is 5.82 Å². The Labute approximate surface area is 158 Å². The van der Waals surface area contributed by atoms with Gasteiger partial charge in [-0.25, -0.2) is 9.38 Å². The number of nitrogens with one attached hydrogen (secondary N) is 1. The molecule has 0 aliphatic rings. The van der Waals surface area contributed by atoms with Gasteiger partial charge in [0.05, 0.1) is 6.54 Å². The Hall–Kier alpha value is -1.90. The summed E-state index contributed by atoms with van der Waals surface area (Å²) in [4.78, 5) is 8.47. The van der Waals surface area contributed by atoms with Crippen LogP contribution in [-0.2, 0) is 6.42 Å². The Morgan fingerprint density at radius 2 is 2.04 bits per heavy atom. The van der Waals surface area contributed by atoms with E-state index >= 15 is 0 Å². The highest BCUT2D eigenvalue weighted by Gasteiger charge is 2.04. The van der Waals surface area contributed by atoms with Crippen molar-refractivity contribution in [3.8, 4) is 5.75 Å². The van der Waals surface area contributed by atoms with Gasteiger partial charge in [-0.2, -0.15) is 0 Å². The number of nitrogens with zero attached hydrogens (tertiary/aromatic N) is 2. The van der Waals surface area contributed by atoms with E-state index in [2.05, 4.69) is 15.3 Å². The van der Waals surface area contributed by atoms with Gasteiger partial charge in [0.25, 0.3) is 0 Å². The first-order valence-corrected chi connectivity index (χ1v) is 7.49. The zero-order valence-electron chi connectivity index (χ0n) is 13.5. The second-order valence-electron chi connectivity index (χ2n) is 5.11. The Kier molecular flexibility index (Phi) is 9.06. The van der Waals surface area contributed by atoms with Crippen LogP contribution in [0.1, 0.15) is 12.6 Å². The fourth-order valence-electron chi connectivity index (χ4n) is 1.93. The Bertz CT molecular complexity index is 622. The van der Waals surface area contributed by atoms with Crippen LogP contribution < -0.4 is 15.8 Å². The van der Waals surface area contributed by atoms with Crippen LogP contribution >= 0.6 is 24.0 Å². The molecule has 0 aliphatic carbocycles. The number of ether oxygens (including phenoxy) is 1. The Morgan fingerprint density at radius 1 is 1.29 bits per heavy atom. The van der Waals surface area contributed by atoms with Gasteiger partial charge in [0, 0.05) is 24.9 Å².